The van der Waals surface area contributed by atoms with E-state index in [0.717, 1.165) is 17.8 Å². The molecule has 182 valence electrons. The first-order chi connectivity index (χ1) is 17.1. The van der Waals surface area contributed by atoms with Crippen LogP contribution in [0.1, 0.15) is 10.6 Å². The van der Waals surface area contributed by atoms with E-state index in [-0.39, 0.29) is 11.2 Å². The molecule has 1 aliphatic rings. The first kappa shape index (κ1) is 23.3. The van der Waals surface area contributed by atoms with Crippen LogP contribution in [0.4, 0.5) is 5.13 Å². The Balaban J connectivity index is 1.56. The number of nitrogens with zero attached hydrogens (tertiary/aromatic N) is 3. The molecule has 1 saturated heterocycles. The number of thiazole rings is 1. The third-order valence-electron chi connectivity index (χ3n) is 5.96. The van der Waals surface area contributed by atoms with Crippen molar-refractivity contribution < 1.29 is 23.4 Å². The molecule has 0 unspecified atom stereocenters. The van der Waals surface area contributed by atoms with E-state index in [1.807, 2.05) is 6.07 Å². The number of carbonyl (C=O) groups excluding carboxylic acids is 1. The number of amides is 1. The number of anilines is 1. The Hall–Kier alpha value is -3.47. The Labute approximate surface area is 205 Å². The van der Waals surface area contributed by atoms with E-state index in [4.69, 9.17) is 23.6 Å². The average molecular weight is 496 g/mol. The topological polar surface area (TPSA) is 94.3 Å². The molecule has 1 fully saturated rings. The van der Waals surface area contributed by atoms with E-state index < -0.39 is 5.91 Å². The maximum Gasteiger partial charge on any atom is 0.295 e. The van der Waals surface area contributed by atoms with Crippen LogP contribution in [0.2, 0.25) is 0 Å². The van der Waals surface area contributed by atoms with Gasteiger partial charge in [-0.25, -0.2) is 4.98 Å². The number of rotatable bonds is 7. The summed E-state index contributed by atoms with van der Waals surface area (Å²) in [5, 5.41) is 0.898. The van der Waals surface area contributed by atoms with Gasteiger partial charge in [-0.3, -0.25) is 19.4 Å². The first-order valence-electron chi connectivity index (χ1n) is 11.3. The Morgan fingerprint density at radius 1 is 1.11 bits per heavy atom. The molecule has 1 aliphatic heterocycles. The van der Waals surface area contributed by atoms with Gasteiger partial charge in [0.25, 0.3) is 5.91 Å². The van der Waals surface area contributed by atoms with Crippen LogP contribution in [0, 0.1) is 0 Å². The largest absolute Gasteiger partial charge is 0.495 e. The van der Waals surface area contributed by atoms with Gasteiger partial charge in [0.05, 0.1) is 32.8 Å². The van der Waals surface area contributed by atoms with Gasteiger partial charge in [0.2, 0.25) is 0 Å². The number of hydrogen-bond donors (Lipinski definition) is 0. The van der Waals surface area contributed by atoms with E-state index in [0.29, 0.717) is 59.4 Å². The lowest BCUT2D eigenvalue weighted by atomic mass is 10.2. The molecule has 1 amide bonds. The van der Waals surface area contributed by atoms with E-state index in [1.54, 1.807) is 49.5 Å². The standard InChI is InChI=1S/C25H25N3O6S/c1-31-19-7-8-20(32-2)23-22(19)26-25(35-23)28(10-9-27-11-13-33-14-12-27)24(30)21-15-17(29)16-5-3-4-6-18(16)34-21/h3-8,15H,9-14H2,1-2H3. The third kappa shape index (κ3) is 4.60. The molecule has 2 aromatic heterocycles. The van der Waals surface area contributed by atoms with Crippen molar-refractivity contribution in [1.29, 1.82) is 0 Å². The fourth-order valence-corrected chi connectivity index (χ4v) is 5.18. The normalized spacial score (nSPS) is 14.3. The summed E-state index contributed by atoms with van der Waals surface area (Å²) in [5.74, 6) is 0.760. The van der Waals surface area contributed by atoms with Crippen molar-refractivity contribution in [3.8, 4) is 11.5 Å². The smallest absolute Gasteiger partial charge is 0.295 e. The molecule has 9 nitrogen and oxygen atoms in total. The van der Waals surface area contributed by atoms with Gasteiger partial charge < -0.3 is 18.6 Å². The molecule has 4 aromatic rings. The molecular weight excluding hydrogens is 470 g/mol. The molecule has 35 heavy (non-hydrogen) atoms. The van der Waals surface area contributed by atoms with Crippen LogP contribution < -0.4 is 19.8 Å². The average Bonchev–Trinajstić information content (AvgIpc) is 3.34. The molecular formula is C25H25N3O6S. The number of aromatic nitrogens is 1. The Morgan fingerprint density at radius 2 is 1.86 bits per heavy atom. The highest BCUT2D eigenvalue weighted by Crippen LogP contribution is 2.40. The number of fused-ring (bicyclic) bond motifs is 2. The second kappa shape index (κ2) is 10.0. The minimum atomic E-state index is -0.432. The van der Waals surface area contributed by atoms with E-state index in [9.17, 15) is 9.59 Å². The number of para-hydroxylation sites is 1. The van der Waals surface area contributed by atoms with Crippen molar-refractivity contribution in [3.05, 3.63) is 58.4 Å². The van der Waals surface area contributed by atoms with Crippen LogP contribution in [0.3, 0.4) is 0 Å². The maximum absolute atomic E-state index is 13.8. The number of methoxy groups -OCH3 is 2. The zero-order valence-corrected chi connectivity index (χ0v) is 20.3. The van der Waals surface area contributed by atoms with Crippen LogP contribution in [-0.2, 0) is 4.74 Å². The van der Waals surface area contributed by atoms with Gasteiger partial charge in [-0.2, -0.15) is 0 Å². The molecule has 5 rings (SSSR count). The molecule has 0 saturated carbocycles. The van der Waals surface area contributed by atoms with E-state index >= 15 is 0 Å². The molecule has 10 heteroatoms. The summed E-state index contributed by atoms with van der Waals surface area (Å²) in [7, 11) is 3.16. The molecule has 0 radical (unpaired) electrons. The summed E-state index contributed by atoms with van der Waals surface area (Å²) < 4.78 is 23.1. The molecule has 0 spiro atoms. The van der Waals surface area contributed by atoms with Gasteiger partial charge in [0.15, 0.2) is 16.3 Å². The summed E-state index contributed by atoms with van der Waals surface area (Å²) in [5.41, 5.74) is 0.705. The molecule has 0 N–H and O–H groups in total. The fraction of sp³-hybridized carbons (Fsp3) is 0.320. The molecule has 2 aromatic carbocycles. The minimum Gasteiger partial charge on any atom is -0.495 e. The van der Waals surface area contributed by atoms with Gasteiger partial charge >= 0.3 is 0 Å². The van der Waals surface area contributed by atoms with Crippen molar-refractivity contribution in [1.82, 2.24) is 9.88 Å². The minimum absolute atomic E-state index is 0.0335. The molecule has 0 atom stereocenters. The lowest BCUT2D eigenvalue weighted by Crippen LogP contribution is -2.43. The van der Waals surface area contributed by atoms with Gasteiger partial charge in [-0.15, -0.1) is 0 Å². The number of morpholine rings is 1. The first-order valence-corrected chi connectivity index (χ1v) is 12.1. The predicted octanol–water partition coefficient (Wildman–Crippen LogP) is 3.40. The molecule has 0 aliphatic carbocycles. The molecule has 3 heterocycles. The Kier molecular flexibility index (Phi) is 6.67. The maximum atomic E-state index is 13.8. The van der Waals surface area contributed by atoms with Crippen LogP contribution in [0.25, 0.3) is 21.2 Å². The van der Waals surface area contributed by atoms with E-state index in [1.165, 1.54) is 17.4 Å². The fourth-order valence-electron chi connectivity index (χ4n) is 4.08. The number of carbonyl (C=O) groups is 1. The summed E-state index contributed by atoms with van der Waals surface area (Å²) >= 11 is 1.33. The summed E-state index contributed by atoms with van der Waals surface area (Å²) in [6.45, 7) is 3.87. The van der Waals surface area contributed by atoms with Crippen molar-refractivity contribution in [2.75, 3.05) is 58.5 Å². The van der Waals surface area contributed by atoms with Gasteiger partial charge in [0, 0.05) is 32.2 Å². The number of ether oxygens (including phenoxy) is 3. The summed E-state index contributed by atoms with van der Waals surface area (Å²) in [6, 6.07) is 11.7. The van der Waals surface area contributed by atoms with Crippen molar-refractivity contribution in [2.45, 2.75) is 0 Å². The highest BCUT2D eigenvalue weighted by Gasteiger charge is 2.27. The van der Waals surface area contributed by atoms with Crippen molar-refractivity contribution in [3.63, 3.8) is 0 Å². The lowest BCUT2D eigenvalue weighted by molar-refractivity contribution is 0.0390. The predicted molar refractivity (Wildman–Crippen MR) is 134 cm³/mol. The Morgan fingerprint density at radius 3 is 2.63 bits per heavy atom. The van der Waals surface area contributed by atoms with Crippen LogP contribution >= 0.6 is 11.3 Å². The zero-order valence-electron chi connectivity index (χ0n) is 19.5. The Bertz CT molecular complexity index is 1390. The molecule has 0 bridgehead atoms. The summed E-state index contributed by atoms with van der Waals surface area (Å²) in [6.07, 6.45) is 0. The van der Waals surface area contributed by atoms with Crippen LogP contribution in [0.15, 0.2) is 51.7 Å². The SMILES string of the molecule is COc1ccc(OC)c2sc(N(CCN3CCOCC3)C(=O)c3cc(=O)c4ccccc4o3)nc12. The van der Waals surface area contributed by atoms with Gasteiger partial charge in [-0.05, 0) is 24.3 Å². The highest BCUT2D eigenvalue weighted by atomic mass is 32.1. The number of hydrogen-bond acceptors (Lipinski definition) is 9. The van der Waals surface area contributed by atoms with E-state index in [2.05, 4.69) is 4.90 Å². The van der Waals surface area contributed by atoms with Crippen molar-refractivity contribution >= 4 is 43.6 Å². The zero-order chi connectivity index (χ0) is 24.4. The third-order valence-corrected chi connectivity index (χ3v) is 7.06. The summed E-state index contributed by atoms with van der Waals surface area (Å²) in [4.78, 5) is 35.0. The van der Waals surface area contributed by atoms with Gasteiger partial charge in [-0.1, -0.05) is 23.5 Å². The second-order valence-corrected chi connectivity index (χ2v) is 9.00. The second-order valence-electron chi connectivity index (χ2n) is 8.03. The lowest BCUT2D eigenvalue weighted by Gasteiger charge is -2.29. The quantitative estimate of drug-likeness (QED) is 0.385. The highest BCUT2D eigenvalue weighted by molar-refractivity contribution is 7.22. The number of benzene rings is 2. The van der Waals surface area contributed by atoms with Crippen LogP contribution in [-0.4, -0.2) is 69.4 Å². The van der Waals surface area contributed by atoms with Crippen molar-refractivity contribution in [2.24, 2.45) is 0 Å². The van der Waals surface area contributed by atoms with Gasteiger partial charge in [0.1, 0.15) is 27.3 Å². The van der Waals surface area contributed by atoms with Crippen LogP contribution in [0.5, 0.6) is 11.5 Å². The monoisotopic (exact) mass is 495 g/mol.